The number of aromatic nitrogens is 4. The number of fused-ring (bicyclic) bond motifs is 1. The number of hydrogen-bond donors (Lipinski definition) is 0. The van der Waals surface area contributed by atoms with Crippen LogP contribution in [0.25, 0.3) is 11.2 Å². The zero-order valence-corrected chi connectivity index (χ0v) is 5.82. The zero-order chi connectivity index (χ0) is 7.84. The van der Waals surface area contributed by atoms with Gasteiger partial charge in [0.1, 0.15) is 11.8 Å². The molecule has 0 bridgehead atoms. The third kappa shape index (κ3) is 0.772. The van der Waals surface area contributed by atoms with Gasteiger partial charge in [-0.05, 0) is 0 Å². The molecule has 0 unspecified atom stereocenters. The Morgan fingerprint density at radius 1 is 1.36 bits per heavy atom. The van der Waals surface area contributed by atoms with Crippen molar-refractivity contribution in [3.05, 3.63) is 18.6 Å². The Morgan fingerprint density at radius 3 is 2.91 bits per heavy atom. The quantitative estimate of drug-likeness (QED) is 0.519. The van der Waals surface area contributed by atoms with Crippen LogP contribution in [0, 0.1) is 5.95 Å². The normalized spacial score (nSPS) is 10.7. The van der Waals surface area contributed by atoms with Crippen LogP contribution in [0.1, 0.15) is 0 Å². The van der Waals surface area contributed by atoms with Gasteiger partial charge in [-0.15, -0.1) is 0 Å². The Morgan fingerprint density at radius 2 is 2.18 bits per heavy atom. The third-order valence-corrected chi connectivity index (χ3v) is 1.46. The predicted molar refractivity (Wildman–Crippen MR) is 36.3 cm³/mol. The molecule has 0 saturated heterocycles. The highest BCUT2D eigenvalue weighted by molar-refractivity contribution is 5.69. The van der Waals surface area contributed by atoms with Gasteiger partial charge >= 0.3 is 0 Å². The Labute approximate surface area is 61.7 Å². The van der Waals surface area contributed by atoms with Crippen molar-refractivity contribution in [1.82, 2.24) is 19.5 Å². The number of aryl methyl sites for hydroxylation is 1. The summed E-state index contributed by atoms with van der Waals surface area (Å²) in [6, 6.07) is 0. The van der Waals surface area contributed by atoms with Gasteiger partial charge in [-0.1, -0.05) is 0 Å². The average Bonchev–Trinajstić information content (AvgIpc) is 2.34. The maximum atomic E-state index is 12.9. The van der Waals surface area contributed by atoms with Crippen molar-refractivity contribution in [2.75, 3.05) is 0 Å². The molecule has 56 valence electrons. The van der Waals surface area contributed by atoms with Crippen LogP contribution in [0.2, 0.25) is 0 Å². The van der Waals surface area contributed by atoms with Crippen LogP contribution in [0.15, 0.2) is 12.7 Å². The molecule has 0 aliphatic heterocycles. The van der Waals surface area contributed by atoms with E-state index in [0.29, 0.717) is 11.2 Å². The second-order valence-electron chi connectivity index (χ2n) is 2.19. The summed E-state index contributed by atoms with van der Waals surface area (Å²) in [5, 5.41) is 0. The molecule has 0 fully saturated rings. The smallest absolute Gasteiger partial charge is 0.242 e. The van der Waals surface area contributed by atoms with E-state index in [-0.39, 0.29) is 0 Å². The van der Waals surface area contributed by atoms with Crippen molar-refractivity contribution in [3.63, 3.8) is 0 Å². The summed E-state index contributed by atoms with van der Waals surface area (Å²) in [6.45, 7) is 0. The Hall–Kier alpha value is -1.52. The predicted octanol–water partition coefficient (Wildman–Crippen LogP) is 0.502. The first-order valence-electron chi connectivity index (χ1n) is 3.06. The molecule has 0 atom stereocenters. The van der Waals surface area contributed by atoms with Gasteiger partial charge in [0.2, 0.25) is 5.95 Å². The van der Waals surface area contributed by atoms with Gasteiger partial charge in [0.25, 0.3) is 0 Å². The van der Waals surface area contributed by atoms with Crippen molar-refractivity contribution in [2.24, 2.45) is 7.05 Å². The minimum Gasteiger partial charge on any atom is -0.329 e. The van der Waals surface area contributed by atoms with Gasteiger partial charge in [0.05, 0.1) is 6.33 Å². The van der Waals surface area contributed by atoms with Crippen LogP contribution in [-0.4, -0.2) is 19.5 Å². The first kappa shape index (κ1) is 6.21. The van der Waals surface area contributed by atoms with E-state index in [1.807, 2.05) is 0 Å². The second-order valence-corrected chi connectivity index (χ2v) is 2.19. The summed E-state index contributed by atoms with van der Waals surface area (Å²) in [5.74, 6) is -0.532. The summed E-state index contributed by atoms with van der Waals surface area (Å²) in [5.41, 5.74) is 0.729. The molecule has 0 radical (unpaired) electrons. The maximum absolute atomic E-state index is 12.9. The minimum atomic E-state index is -0.532. The lowest BCUT2D eigenvalue weighted by atomic mass is 10.5. The number of imidazole rings is 1. The standard InChI is InChI=1S/C6H5FN4/c1-11-3-10-6-4(11)5(7)8-2-9-6/h2-3H,1H3/i1+2. The Kier molecular flexibility index (Phi) is 1.12. The first-order valence-corrected chi connectivity index (χ1v) is 3.06. The fourth-order valence-electron chi connectivity index (χ4n) is 0.946. The van der Waals surface area contributed by atoms with Gasteiger partial charge in [0, 0.05) is 7.05 Å². The van der Waals surface area contributed by atoms with Gasteiger partial charge in [-0.2, -0.15) is 4.39 Å². The zero-order valence-electron chi connectivity index (χ0n) is 5.82. The lowest BCUT2D eigenvalue weighted by Crippen LogP contribution is -1.92. The van der Waals surface area contributed by atoms with E-state index >= 15 is 0 Å². The molecule has 2 rings (SSSR count). The van der Waals surface area contributed by atoms with Gasteiger partial charge in [-0.3, -0.25) is 0 Å². The molecule has 2 aromatic heterocycles. The van der Waals surface area contributed by atoms with E-state index in [4.69, 9.17) is 0 Å². The molecule has 0 saturated carbocycles. The molecule has 0 aliphatic rings. The van der Waals surface area contributed by atoms with E-state index in [0.717, 1.165) is 6.33 Å². The fourth-order valence-corrected chi connectivity index (χ4v) is 0.946. The number of hydrogen-bond acceptors (Lipinski definition) is 3. The molecule has 5 heteroatoms. The number of halogens is 1. The molecule has 2 aromatic rings. The summed E-state index contributed by atoms with van der Waals surface area (Å²) < 4.78 is 14.4. The molecule has 0 N–H and O–H groups in total. The molecule has 0 spiro atoms. The van der Waals surface area contributed by atoms with Crippen molar-refractivity contribution in [1.29, 1.82) is 0 Å². The first-order chi connectivity index (χ1) is 5.29. The Bertz CT molecular complexity index is 394. The van der Waals surface area contributed by atoms with E-state index in [1.54, 1.807) is 11.6 Å². The molecule has 0 amide bonds. The van der Waals surface area contributed by atoms with Crippen molar-refractivity contribution in [2.45, 2.75) is 0 Å². The van der Waals surface area contributed by atoms with Crippen LogP contribution in [0.3, 0.4) is 0 Å². The van der Waals surface area contributed by atoms with Crippen molar-refractivity contribution < 1.29 is 4.39 Å². The largest absolute Gasteiger partial charge is 0.329 e. The fraction of sp³-hybridized carbons (Fsp3) is 0.167. The maximum Gasteiger partial charge on any atom is 0.242 e. The van der Waals surface area contributed by atoms with E-state index in [1.165, 1.54) is 6.33 Å². The van der Waals surface area contributed by atoms with Crippen LogP contribution in [0.5, 0.6) is 0 Å². The molecule has 4 nitrogen and oxygen atoms in total. The van der Waals surface area contributed by atoms with E-state index in [9.17, 15) is 4.39 Å². The topological polar surface area (TPSA) is 43.6 Å². The van der Waals surface area contributed by atoms with Crippen molar-refractivity contribution >= 4 is 11.2 Å². The SMILES string of the molecule is [14CH3]n1cnc2ncnc(F)c21. The third-order valence-electron chi connectivity index (χ3n) is 1.46. The molecular weight excluding hydrogens is 149 g/mol. The van der Waals surface area contributed by atoms with Crippen LogP contribution in [0.4, 0.5) is 4.39 Å². The highest BCUT2D eigenvalue weighted by atomic mass is 19.1. The van der Waals surface area contributed by atoms with Gasteiger partial charge < -0.3 is 4.57 Å². The lowest BCUT2D eigenvalue weighted by molar-refractivity contribution is 0.586. The van der Waals surface area contributed by atoms with E-state index in [2.05, 4.69) is 15.0 Å². The molecule has 2 heterocycles. The molecule has 0 aliphatic carbocycles. The summed E-state index contributed by atoms with van der Waals surface area (Å²) in [7, 11) is 1.70. The summed E-state index contributed by atoms with van der Waals surface area (Å²) in [4.78, 5) is 11.0. The molecule has 0 aromatic carbocycles. The van der Waals surface area contributed by atoms with Crippen LogP contribution < -0.4 is 0 Å². The van der Waals surface area contributed by atoms with Crippen LogP contribution >= 0.6 is 0 Å². The average molecular weight is 154 g/mol. The second kappa shape index (κ2) is 1.98. The van der Waals surface area contributed by atoms with Crippen molar-refractivity contribution in [3.8, 4) is 0 Å². The molecular formula is C6H5FN4. The highest BCUT2D eigenvalue weighted by Gasteiger charge is 2.06. The number of rotatable bonds is 0. The lowest BCUT2D eigenvalue weighted by Gasteiger charge is -1.92. The molecule has 11 heavy (non-hydrogen) atoms. The number of nitrogens with zero attached hydrogens (tertiary/aromatic N) is 4. The van der Waals surface area contributed by atoms with Crippen LogP contribution in [-0.2, 0) is 7.05 Å². The Balaban J connectivity index is 2.96. The minimum absolute atomic E-state index is 0.340. The summed E-state index contributed by atoms with van der Waals surface area (Å²) in [6.07, 6.45) is 2.66. The monoisotopic (exact) mass is 154 g/mol. The van der Waals surface area contributed by atoms with Gasteiger partial charge in [0.15, 0.2) is 5.65 Å². The summed E-state index contributed by atoms with van der Waals surface area (Å²) >= 11 is 0. The highest BCUT2D eigenvalue weighted by Crippen LogP contribution is 2.09. The van der Waals surface area contributed by atoms with E-state index < -0.39 is 5.95 Å². The van der Waals surface area contributed by atoms with Gasteiger partial charge in [-0.25, -0.2) is 15.0 Å².